The molecule has 0 aliphatic rings. The molecule has 0 amide bonds. The van der Waals surface area contributed by atoms with Crippen LogP contribution in [-0.4, -0.2) is 36.9 Å². The van der Waals surface area contributed by atoms with Gasteiger partial charge in [0, 0.05) is 13.6 Å². The molecule has 15 heavy (non-hydrogen) atoms. The Morgan fingerprint density at radius 3 is 2.73 bits per heavy atom. The first kappa shape index (κ1) is 11.9. The number of anilines is 1. The van der Waals surface area contributed by atoms with E-state index in [9.17, 15) is 4.79 Å². The van der Waals surface area contributed by atoms with Crippen LogP contribution in [-0.2, 0) is 9.53 Å². The van der Waals surface area contributed by atoms with Crippen molar-refractivity contribution in [3.63, 3.8) is 0 Å². The van der Waals surface area contributed by atoms with Gasteiger partial charge in [-0.15, -0.1) is 10.2 Å². The van der Waals surface area contributed by atoms with Gasteiger partial charge in [-0.1, -0.05) is 18.3 Å². The summed E-state index contributed by atoms with van der Waals surface area (Å²) in [6.45, 7) is 4.32. The molecule has 1 aromatic rings. The average molecular weight is 229 g/mol. The summed E-state index contributed by atoms with van der Waals surface area (Å²) in [5, 5.41) is 9.66. The van der Waals surface area contributed by atoms with Crippen molar-refractivity contribution in [2.75, 3.05) is 25.6 Å². The van der Waals surface area contributed by atoms with Crippen molar-refractivity contribution >= 4 is 22.4 Å². The van der Waals surface area contributed by atoms with Crippen molar-refractivity contribution in [1.29, 1.82) is 0 Å². The van der Waals surface area contributed by atoms with Crippen LogP contribution >= 0.6 is 11.3 Å². The molecule has 5 nitrogen and oxygen atoms in total. The molecule has 0 fully saturated rings. The first-order valence-corrected chi connectivity index (χ1v) is 5.45. The minimum atomic E-state index is -0.205. The van der Waals surface area contributed by atoms with Crippen molar-refractivity contribution in [3.05, 3.63) is 5.01 Å². The number of ether oxygens (including phenoxy) is 1. The quantitative estimate of drug-likeness (QED) is 0.723. The van der Waals surface area contributed by atoms with Crippen molar-refractivity contribution < 1.29 is 9.53 Å². The van der Waals surface area contributed by atoms with Gasteiger partial charge in [0.2, 0.25) is 5.13 Å². The van der Waals surface area contributed by atoms with Crippen LogP contribution < -0.4 is 4.90 Å². The topological polar surface area (TPSA) is 55.3 Å². The zero-order valence-electron chi connectivity index (χ0n) is 9.35. The summed E-state index contributed by atoms with van der Waals surface area (Å²) in [6, 6.07) is 0. The predicted octanol–water partition coefficient (Wildman–Crippen LogP) is 1.09. The minimum absolute atomic E-state index is 0.163. The van der Waals surface area contributed by atoms with Crippen LogP contribution in [0.3, 0.4) is 0 Å². The van der Waals surface area contributed by atoms with E-state index in [2.05, 4.69) is 14.9 Å². The van der Waals surface area contributed by atoms with Gasteiger partial charge in [-0.3, -0.25) is 4.79 Å². The number of methoxy groups -OCH3 is 1. The number of aromatic nitrogens is 2. The van der Waals surface area contributed by atoms with E-state index in [4.69, 9.17) is 0 Å². The highest BCUT2D eigenvalue weighted by Gasteiger charge is 2.17. The molecule has 1 rings (SSSR count). The fraction of sp³-hybridized carbons (Fsp3) is 0.667. The molecule has 1 atom stereocenters. The lowest BCUT2D eigenvalue weighted by Gasteiger charge is -2.18. The molecule has 0 saturated heterocycles. The van der Waals surface area contributed by atoms with Crippen molar-refractivity contribution in [1.82, 2.24) is 10.2 Å². The highest BCUT2D eigenvalue weighted by atomic mass is 32.1. The largest absolute Gasteiger partial charge is 0.469 e. The number of carbonyl (C=O) groups excluding carboxylic acids is 1. The Balaban J connectivity index is 2.55. The van der Waals surface area contributed by atoms with E-state index in [0.29, 0.717) is 6.54 Å². The van der Waals surface area contributed by atoms with E-state index < -0.39 is 0 Å². The van der Waals surface area contributed by atoms with Gasteiger partial charge in [-0.05, 0) is 6.92 Å². The summed E-state index contributed by atoms with van der Waals surface area (Å²) in [5.74, 6) is -0.368. The maximum atomic E-state index is 11.2. The van der Waals surface area contributed by atoms with Crippen LogP contribution in [0, 0.1) is 12.8 Å². The lowest BCUT2D eigenvalue weighted by atomic mass is 10.2. The number of hydrogen-bond donors (Lipinski definition) is 0. The van der Waals surface area contributed by atoms with Gasteiger partial charge in [0.15, 0.2) is 0 Å². The van der Waals surface area contributed by atoms with Crippen LogP contribution in [0.25, 0.3) is 0 Å². The molecule has 1 aromatic heterocycles. The van der Waals surface area contributed by atoms with Gasteiger partial charge in [-0.25, -0.2) is 0 Å². The fourth-order valence-electron chi connectivity index (χ4n) is 1.20. The number of aryl methyl sites for hydroxylation is 1. The van der Waals surface area contributed by atoms with Gasteiger partial charge in [0.25, 0.3) is 0 Å². The molecule has 1 heterocycles. The number of nitrogens with zero attached hydrogens (tertiary/aromatic N) is 3. The van der Waals surface area contributed by atoms with Crippen LogP contribution in [0.4, 0.5) is 5.13 Å². The molecule has 84 valence electrons. The second-order valence-electron chi connectivity index (χ2n) is 3.41. The lowest BCUT2D eigenvalue weighted by molar-refractivity contribution is -0.144. The van der Waals surface area contributed by atoms with Crippen LogP contribution in [0.5, 0.6) is 0 Å². The number of carbonyl (C=O) groups is 1. The first-order chi connectivity index (χ1) is 7.04. The molecule has 0 N–H and O–H groups in total. The van der Waals surface area contributed by atoms with Gasteiger partial charge < -0.3 is 9.64 Å². The second-order valence-corrected chi connectivity index (χ2v) is 4.57. The maximum Gasteiger partial charge on any atom is 0.310 e. The van der Waals surface area contributed by atoms with E-state index in [-0.39, 0.29) is 11.9 Å². The van der Waals surface area contributed by atoms with Crippen LogP contribution in [0.1, 0.15) is 11.9 Å². The lowest BCUT2D eigenvalue weighted by Crippen LogP contribution is -2.29. The van der Waals surface area contributed by atoms with Crippen LogP contribution in [0.2, 0.25) is 0 Å². The Bertz CT molecular complexity index is 340. The van der Waals surface area contributed by atoms with Crippen molar-refractivity contribution in [2.45, 2.75) is 13.8 Å². The molecule has 0 aliphatic heterocycles. The highest BCUT2D eigenvalue weighted by Crippen LogP contribution is 2.18. The standard InChI is InChI=1S/C9H15N3O2S/c1-6(8(13)14-4)5-12(3)9-11-10-7(2)15-9/h6H,5H2,1-4H3. The van der Waals surface area contributed by atoms with Crippen molar-refractivity contribution in [3.8, 4) is 0 Å². The van der Waals surface area contributed by atoms with Crippen LogP contribution in [0.15, 0.2) is 0 Å². The van der Waals surface area contributed by atoms with E-state index in [0.717, 1.165) is 10.1 Å². The van der Waals surface area contributed by atoms with Crippen molar-refractivity contribution in [2.24, 2.45) is 5.92 Å². The third-order valence-electron chi connectivity index (χ3n) is 1.99. The molecule has 0 spiro atoms. The van der Waals surface area contributed by atoms with Gasteiger partial charge in [0.05, 0.1) is 13.0 Å². The summed E-state index contributed by atoms with van der Waals surface area (Å²) < 4.78 is 4.66. The minimum Gasteiger partial charge on any atom is -0.469 e. The molecule has 0 radical (unpaired) electrons. The van der Waals surface area contributed by atoms with E-state index in [1.165, 1.54) is 18.4 Å². The zero-order valence-corrected chi connectivity index (χ0v) is 10.2. The van der Waals surface area contributed by atoms with Gasteiger partial charge in [0.1, 0.15) is 5.01 Å². The molecule has 0 bridgehead atoms. The summed E-state index contributed by atoms with van der Waals surface area (Å²) in [7, 11) is 3.29. The monoisotopic (exact) mass is 229 g/mol. The molecule has 6 heteroatoms. The smallest absolute Gasteiger partial charge is 0.310 e. The summed E-state index contributed by atoms with van der Waals surface area (Å²) >= 11 is 1.51. The zero-order chi connectivity index (χ0) is 11.4. The van der Waals surface area contributed by atoms with Gasteiger partial charge >= 0.3 is 5.97 Å². The molecule has 0 aliphatic carbocycles. The Kier molecular flexibility index (Phi) is 4.02. The van der Waals surface area contributed by atoms with E-state index in [1.54, 1.807) is 0 Å². The molecular weight excluding hydrogens is 214 g/mol. The summed E-state index contributed by atoms with van der Waals surface area (Å²) in [5.41, 5.74) is 0. The SMILES string of the molecule is COC(=O)C(C)CN(C)c1nnc(C)s1. The highest BCUT2D eigenvalue weighted by molar-refractivity contribution is 7.15. The Morgan fingerprint density at radius 1 is 1.60 bits per heavy atom. The molecule has 0 aromatic carbocycles. The van der Waals surface area contributed by atoms with E-state index in [1.807, 2.05) is 25.8 Å². The second kappa shape index (κ2) is 5.06. The molecule has 1 unspecified atom stereocenters. The third kappa shape index (κ3) is 3.16. The Labute approximate surface area is 93.1 Å². The van der Waals surface area contributed by atoms with Gasteiger partial charge in [-0.2, -0.15) is 0 Å². The Morgan fingerprint density at radius 2 is 2.27 bits per heavy atom. The summed E-state index contributed by atoms with van der Waals surface area (Å²) in [4.78, 5) is 13.1. The number of hydrogen-bond acceptors (Lipinski definition) is 6. The number of rotatable bonds is 4. The fourth-order valence-corrected chi connectivity index (χ4v) is 1.86. The third-order valence-corrected chi connectivity index (χ3v) is 2.95. The predicted molar refractivity (Wildman–Crippen MR) is 59.1 cm³/mol. The number of esters is 1. The van der Waals surface area contributed by atoms with E-state index >= 15 is 0 Å². The Hall–Kier alpha value is -1.17. The maximum absolute atomic E-state index is 11.2. The molecule has 0 saturated carbocycles. The normalized spacial score (nSPS) is 12.3. The average Bonchev–Trinajstić information content (AvgIpc) is 2.63. The first-order valence-electron chi connectivity index (χ1n) is 4.63. The molecular formula is C9H15N3O2S. The summed E-state index contributed by atoms with van der Waals surface area (Å²) in [6.07, 6.45) is 0.